The Morgan fingerprint density at radius 1 is 1.13 bits per heavy atom. The molecule has 80 valence electrons. The number of hydrogen-bond donors (Lipinski definition) is 1. The third-order valence-electron chi connectivity index (χ3n) is 1.32. The molecule has 0 atom stereocenters. The van der Waals surface area contributed by atoms with E-state index in [1.165, 1.54) is 6.07 Å². The fourth-order valence-corrected chi connectivity index (χ4v) is 0.991. The van der Waals surface area contributed by atoms with Gasteiger partial charge in [-0.15, -0.1) is 0 Å². The lowest BCUT2D eigenvalue weighted by Gasteiger charge is -2.05. The van der Waals surface area contributed by atoms with Gasteiger partial charge >= 0.3 is 10.9 Å². The first-order valence-corrected chi connectivity index (χ1v) is 4.32. The highest BCUT2D eigenvalue weighted by molar-refractivity contribution is 6.61. The molecule has 0 aromatic heterocycles. The van der Waals surface area contributed by atoms with Gasteiger partial charge in [0.1, 0.15) is 5.75 Å². The monoisotopic (exact) mass is 250 g/mol. The van der Waals surface area contributed by atoms with E-state index in [0.717, 1.165) is 12.1 Å². The Morgan fingerprint density at radius 2 is 1.73 bits per heavy atom. The first kappa shape index (κ1) is 11.6. The molecule has 0 amide bonds. The van der Waals surface area contributed by atoms with Gasteiger partial charge in [0.15, 0.2) is 11.5 Å². The first-order valence-electron chi connectivity index (χ1n) is 3.56. The molecule has 0 spiro atoms. The SMILES string of the molecule is O=C(Cl)Oc1ccc(O)c(OC(=O)Cl)c1. The molecule has 0 unspecified atom stereocenters. The van der Waals surface area contributed by atoms with Crippen LogP contribution in [0.2, 0.25) is 0 Å². The number of benzene rings is 1. The fraction of sp³-hybridized carbons (Fsp3) is 0. The van der Waals surface area contributed by atoms with Crippen molar-refractivity contribution in [3.8, 4) is 17.2 Å². The van der Waals surface area contributed by atoms with Crippen molar-refractivity contribution in [3.05, 3.63) is 18.2 Å². The second-order valence-electron chi connectivity index (χ2n) is 2.31. The minimum Gasteiger partial charge on any atom is -0.504 e. The van der Waals surface area contributed by atoms with E-state index in [2.05, 4.69) is 9.47 Å². The standard InChI is InChI=1S/C8H4Cl2O5/c9-7(12)14-4-1-2-5(11)6(3-4)15-8(10)13/h1-3,11H. The first-order chi connectivity index (χ1) is 6.99. The van der Waals surface area contributed by atoms with Crippen molar-refractivity contribution in [1.82, 2.24) is 0 Å². The van der Waals surface area contributed by atoms with Crippen molar-refractivity contribution < 1.29 is 24.2 Å². The van der Waals surface area contributed by atoms with E-state index < -0.39 is 10.9 Å². The molecule has 1 N–H and O–H groups in total. The summed E-state index contributed by atoms with van der Waals surface area (Å²) in [5.74, 6) is -0.537. The van der Waals surface area contributed by atoms with Gasteiger partial charge in [0.05, 0.1) is 0 Å². The van der Waals surface area contributed by atoms with Crippen LogP contribution in [0.25, 0.3) is 0 Å². The van der Waals surface area contributed by atoms with Gasteiger partial charge in [-0.05, 0) is 12.1 Å². The van der Waals surface area contributed by atoms with Gasteiger partial charge in [-0.1, -0.05) is 0 Å². The van der Waals surface area contributed by atoms with E-state index in [-0.39, 0.29) is 17.2 Å². The zero-order chi connectivity index (χ0) is 11.4. The highest BCUT2D eigenvalue weighted by atomic mass is 35.5. The average Bonchev–Trinajstić information content (AvgIpc) is 2.09. The van der Waals surface area contributed by atoms with Gasteiger partial charge < -0.3 is 14.6 Å². The molecule has 0 radical (unpaired) electrons. The Morgan fingerprint density at radius 3 is 2.27 bits per heavy atom. The molecule has 1 aromatic carbocycles. The Hall–Kier alpha value is -1.46. The second kappa shape index (κ2) is 4.86. The van der Waals surface area contributed by atoms with Crippen LogP contribution >= 0.6 is 23.2 Å². The zero-order valence-electron chi connectivity index (χ0n) is 7.07. The quantitative estimate of drug-likeness (QED) is 0.818. The average molecular weight is 251 g/mol. The van der Waals surface area contributed by atoms with Gasteiger partial charge in [0.25, 0.3) is 0 Å². The molecule has 7 heteroatoms. The van der Waals surface area contributed by atoms with Gasteiger partial charge in [0.2, 0.25) is 0 Å². The van der Waals surface area contributed by atoms with Crippen LogP contribution in [-0.4, -0.2) is 16.0 Å². The molecular weight excluding hydrogens is 247 g/mol. The molecule has 0 bridgehead atoms. The number of carbonyl (C=O) groups excluding carboxylic acids is 2. The number of halogens is 2. The minimum atomic E-state index is -1.13. The summed E-state index contributed by atoms with van der Waals surface area (Å²) in [6, 6.07) is 3.52. The van der Waals surface area contributed by atoms with Gasteiger partial charge in [-0.3, -0.25) is 0 Å². The number of phenols is 1. The fourth-order valence-electron chi connectivity index (χ4n) is 0.819. The summed E-state index contributed by atoms with van der Waals surface area (Å²) in [6.07, 6.45) is 0. The van der Waals surface area contributed by atoms with Crippen molar-refractivity contribution in [2.75, 3.05) is 0 Å². The molecule has 0 fully saturated rings. The summed E-state index contributed by atoms with van der Waals surface area (Å²) < 4.78 is 8.88. The van der Waals surface area contributed by atoms with Crippen LogP contribution in [0, 0.1) is 0 Å². The van der Waals surface area contributed by atoms with E-state index in [1.54, 1.807) is 0 Å². The van der Waals surface area contributed by atoms with E-state index in [9.17, 15) is 14.7 Å². The van der Waals surface area contributed by atoms with E-state index in [1.807, 2.05) is 0 Å². The predicted molar refractivity (Wildman–Crippen MR) is 51.9 cm³/mol. The predicted octanol–water partition coefficient (Wildman–Crippen LogP) is 2.87. The molecule has 1 rings (SSSR count). The molecule has 0 aliphatic rings. The normalized spacial score (nSPS) is 9.47. The Bertz CT molecular complexity index is 404. The van der Waals surface area contributed by atoms with Gasteiger partial charge in [0, 0.05) is 29.3 Å². The molecular formula is C8H4Cl2O5. The molecule has 1 aromatic rings. The van der Waals surface area contributed by atoms with E-state index in [4.69, 9.17) is 23.2 Å². The summed E-state index contributed by atoms with van der Waals surface area (Å²) in [4.78, 5) is 20.8. The van der Waals surface area contributed by atoms with Crippen molar-refractivity contribution in [3.63, 3.8) is 0 Å². The molecule has 15 heavy (non-hydrogen) atoms. The Kier molecular flexibility index (Phi) is 3.76. The van der Waals surface area contributed by atoms with Gasteiger partial charge in [-0.25, -0.2) is 9.59 Å². The lowest BCUT2D eigenvalue weighted by Crippen LogP contribution is -1.99. The number of rotatable bonds is 2. The molecule has 0 heterocycles. The molecule has 0 aliphatic heterocycles. The number of aromatic hydroxyl groups is 1. The maximum absolute atomic E-state index is 10.4. The number of ether oxygens (including phenoxy) is 2. The number of hydrogen-bond acceptors (Lipinski definition) is 5. The molecule has 0 saturated carbocycles. The van der Waals surface area contributed by atoms with Crippen LogP contribution in [0.1, 0.15) is 0 Å². The lowest BCUT2D eigenvalue weighted by atomic mass is 10.3. The van der Waals surface area contributed by atoms with Crippen LogP contribution in [0.15, 0.2) is 18.2 Å². The van der Waals surface area contributed by atoms with Crippen LogP contribution in [0.3, 0.4) is 0 Å². The maximum atomic E-state index is 10.4. The van der Waals surface area contributed by atoms with Gasteiger partial charge in [-0.2, -0.15) is 0 Å². The topological polar surface area (TPSA) is 72.8 Å². The largest absolute Gasteiger partial charge is 0.504 e. The lowest BCUT2D eigenvalue weighted by molar-refractivity contribution is 0.222. The van der Waals surface area contributed by atoms with Crippen LogP contribution in [-0.2, 0) is 0 Å². The van der Waals surface area contributed by atoms with Crippen LogP contribution in [0.5, 0.6) is 17.2 Å². The van der Waals surface area contributed by atoms with E-state index in [0.29, 0.717) is 0 Å². The summed E-state index contributed by atoms with van der Waals surface area (Å²) in [5, 5.41) is 9.21. The van der Waals surface area contributed by atoms with Crippen LogP contribution in [0.4, 0.5) is 9.59 Å². The van der Waals surface area contributed by atoms with Crippen molar-refractivity contribution >= 4 is 34.1 Å². The van der Waals surface area contributed by atoms with E-state index >= 15 is 0 Å². The zero-order valence-corrected chi connectivity index (χ0v) is 8.58. The number of carbonyl (C=O) groups is 2. The highest BCUT2D eigenvalue weighted by Crippen LogP contribution is 2.31. The maximum Gasteiger partial charge on any atom is 0.409 e. The third-order valence-corrected chi connectivity index (χ3v) is 1.47. The Balaban J connectivity index is 2.94. The van der Waals surface area contributed by atoms with Crippen LogP contribution < -0.4 is 9.47 Å². The number of phenolic OH excluding ortho intramolecular Hbond substituents is 1. The van der Waals surface area contributed by atoms with Crippen molar-refractivity contribution in [2.45, 2.75) is 0 Å². The second-order valence-corrected chi connectivity index (χ2v) is 2.93. The summed E-state index contributed by atoms with van der Waals surface area (Å²) in [5.41, 5.74) is -2.18. The highest BCUT2D eigenvalue weighted by Gasteiger charge is 2.09. The van der Waals surface area contributed by atoms with Crippen molar-refractivity contribution in [2.24, 2.45) is 0 Å². The summed E-state index contributed by atoms with van der Waals surface area (Å²) in [6.45, 7) is 0. The minimum absolute atomic E-state index is 0.0146. The summed E-state index contributed by atoms with van der Waals surface area (Å²) in [7, 11) is 0. The van der Waals surface area contributed by atoms with Crippen molar-refractivity contribution in [1.29, 1.82) is 0 Å². The molecule has 0 aliphatic carbocycles. The summed E-state index contributed by atoms with van der Waals surface area (Å²) >= 11 is 9.89. The smallest absolute Gasteiger partial charge is 0.409 e. The third kappa shape index (κ3) is 3.65. The molecule has 5 nitrogen and oxygen atoms in total. The molecule has 0 saturated heterocycles. The Labute approximate surface area is 94.1 Å².